The number of carbonyl (C=O) groups is 2. The minimum atomic E-state index is -0.403. The minimum absolute atomic E-state index is 0.185. The van der Waals surface area contributed by atoms with Crippen LogP contribution in [0.1, 0.15) is 58.7 Å². The van der Waals surface area contributed by atoms with Gasteiger partial charge in [-0.2, -0.15) is 0 Å². The van der Waals surface area contributed by atoms with Gasteiger partial charge in [0.15, 0.2) is 0 Å². The number of nitrogens with zero attached hydrogens (tertiary/aromatic N) is 3. The van der Waals surface area contributed by atoms with Crippen LogP contribution in [0.25, 0.3) is 10.2 Å². The number of benzene rings is 1. The van der Waals surface area contributed by atoms with E-state index in [0.29, 0.717) is 24.4 Å². The number of rotatable bonds is 3. The van der Waals surface area contributed by atoms with Crippen molar-refractivity contribution in [2.75, 3.05) is 6.54 Å². The second kappa shape index (κ2) is 8.90. The van der Waals surface area contributed by atoms with Crippen molar-refractivity contribution in [1.29, 1.82) is 0 Å². The Hall–Kier alpha value is -2.32. The monoisotopic (exact) mass is 469 g/mol. The van der Waals surface area contributed by atoms with Gasteiger partial charge in [-0.25, -0.2) is 14.4 Å². The Balaban J connectivity index is 1.46. The molecule has 3 aromatic rings. The van der Waals surface area contributed by atoms with Crippen molar-refractivity contribution in [2.24, 2.45) is 0 Å². The lowest BCUT2D eigenvalue weighted by atomic mass is 9.97. The largest absolute Gasteiger partial charge is 0.278 e. The molecule has 2 amide bonds. The molecule has 5 nitrogen and oxygen atoms in total. The van der Waals surface area contributed by atoms with Crippen molar-refractivity contribution < 1.29 is 14.0 Å². The maximum atomic E-state index is 13.4. The molecule has 0 unspecified atom stereocenters. The number of aromatic nitrogens is 2. The van der Waals surface area contributed by atoms with Crippen molar-refractivity contribution in [3.05, 3.63) is 51.9 Å². The van der Waals surface area contributed by atoms with Crippen LogP contribution in [0.2, 0.25) is 0 Å². The number of hydrogen-bond acceptors (Lipinski definition) is 6. The standard InChI is InChI=1S/C24H24FN3O2S2/c1-14-26-21-20(17-6-2-3-7-18(17)31-21)22(27-14)32-19-8-4-5-13-28(24(19)30)23(29)15-9-11-16(25)12-10-15/h9-12,19H,2-8,13H2,1H3/t19-/m0/s1. The first-order valence-electron chi connectivity index (χ1n) is 11.1. The molecule has 8 heteroatoms. The predicted octanol–water partition coefficient (Wildman–Crippen LogP) is 5.33. The van der Waals surface area contributed by atoms with Crippen LogP contribution in [0.3, 0.4) is 0 Å². The normalized spacial score (nSPS) is 19.1. The van der Waals surface area contributed by atoms with Crippen molar-refractivity contribution in [2.45, 2.75) is 62.1 Å². The minimum Gasteiger partial charge on any atom is -0.278 e. The number of aryl methyl sites for hydroxylation is 3. The fraction of sp³-hybridized carbons (Fsp3) is 0.417. The zero-order valence-corrected chi connectivity index (χ0v) is 19.5. The third-order valence-electron chi connectivity index (χ3n) is 6.12. The smallest absolute Gasteiger partial charge is 0.260 e. The number of imide groups is 1. The van der Waals surface area contributed by atoms with Gasteiger partial charge in [0, 0.05) is 22.4 Å². The molecule has 0 N–H and O–H groups in total. The van der Waals surface area contributed by atoms with Crippen LogP contribution >= 0.6 is 23.1 Å². The van der Waals surface area contributed by atoms with E-state index < -0.39 is 5.82 Å². The zero-order valence-electron chi connectivity index (χ0n) is 17.9. The predicted molar refractivity (Wildman–Crippen MR) is 125 cm³/mol. The summed E-state index contributed by atoms with van der Waals surface area (Å²) in [5.41, 5.74) is 1.68. The van der Waals surface area contributed by atoms with Crippen LogP contribution in [0.15, 0.2) is 29.3 Å². The number of thiophene rings is 1. The lowest BCUT2D eigenvalue weighted by Gasteiger charge is -2.22. The average Bonchev–Trinajstić information content (AvgIpc) is 3.06. The Kier molecular flexibility index (Phi) is 5.99. The molecular weight excluding hydrogens is 445 g/mol. The number of carbonyl (C=O) groups excluding carboxylic acids is 2. The van der Waals surface area contributed by atoms with E-state index in [1.165, 1.54) is 64.2 Å². The highest BCUT2D eigenvalue weighted by Gasteiger charge is 2.33. The van der Waals surface area contributed by atoms with E-state index in [9.17, 15) is 14.0 Å². The molecule has 32 heavy (non-hydrogen) atoms. The van der Waals surface area contributed by atoms with E-state index in [1.807, 2.05) is 6.92 Å². The van der Waals surface area contributed by atoms with Gasteiger partial charge in [0.05, 0.1) is 5.25 Å². The molecule has 1 aliphatic carbocycles. The maximum Gasteiger partial charge on any atom is 0.260 e. The van der Waals surface area contributed by atoms with Crippen molar-refractivity contribution in [3.8, 4) is 0 Å². The first kappa shape index (κ1) is 21.5. The average molecular weight is 470 g/mol. The van der Waals surface area contributed by atoms with Crippen LogP contribution in [0.5, 0.6) is 0 Å². The molecule has 0 radical (unpaired) electrons. The first-order valence-corrected chi connectivity index (χ1v) is 12.8. The summed E-state index contributed by atoms with van der Waals surface area (Å²) in [6.07, 6.45) is 6.82. The van der Waals surface area contributed by atoms with Crippen molar-refractivity contribution in [1.82, 2.24) is 14.9 Å². The summed E-state index contributed by atoms with van der Waals surface area (Å²) in [5.74, 6) is -0.243. The van der Waals surface area contributed by atoms with Gasteiger partial charge in [-0.15, -0.1) is 11.3 Å². The molecule has 0 bridgehead atoms. The number of halogens is 1. The molecule has 0 saturated carbocycles. The summed E-state index contributed by atoms with van der Waals surface area (Å²) in [7, 11) is 0. The number of amides is 2. The molecular formula is C24H24FN3O2S2. The summed E-state index contributed by atoms with van der Waals surface area (Å²) in [6, 6.07) is 5.38. The Morgan fingerprint density at radius 1 is 1.12 bits per heavy atom. The fourth-order valence-electron chi connectivity index (χ4n) is 4.51. The first-order chi connectivity index (χ1) is 15.5. The second-order valence-electron chi connectivity index (χ2n) is 8.37. The van der Waals surface area contributed by atoms with Gasteiger partial charge in [-0.3, -0.25) is 14.5 Å². The van der Waals surface area contributed by atoms with Crippen LogP contribution in [0, 0.1) is 12.7 Å². The lowest BCUT2D eigenvalue weighted by molar-refractivity contribution is -0.127. The molecule has 0 spiro atoms. The third-order valence-corrected chi connectivity index (χ3v) is 8.55. The molecule has 5 rings (SSSR count). The Bertz CT molecular complexity index is 1190. The van der Waals surface area contributed by atoms with Gasteiger partial charge in [-0.05, 0) is 75.3 Å². The number of fused-ring (bicyclic) bond motifs is 3. The molecule has 2 aromatic heterocycles. The van der Waals surface area contributed by atoms with Gasteiger partial charge in [-0.1, -0.05) is 18.2 Å². The molecule has 1 aromatic carbocycles. The van der Waals surface area contributed by atoms with Gasteiger partial charge in [0.1, 0.15) is 21.5 Å². The lowest BCUT2D eigenvalue weighted by Crippen LogP contribution is -2.41. The zero-order chi connectivity index (χ0) is 22.2. The topological polar surface area (TPSA) is 63.2 Å². The summed E-state index contributed by atoms with van der Waals surface area (Å²) >= 11 is 3.23. The second-order valence-corrected chi connectivity index (χ2v) is 10.6. The summed E-state index contributed by atoms with van der Waals surface area (Å²) in [5, 5.41) is 1.59. The van der Waals surface area contributed by atoms with Crippen LogP contribution in [-0.4, -0.2) is 38.5 Å². The maximum absolute atomic E-state index is 13.4. The third kappa shape index (κ3) is 4.06. The van der Waals surface area contributed by atoms with E-state index in [4.69, 9.17) is 4.98 Å². The van der Waals surface area contributed by atoms with E-state index >= 15 is 0 Å². The van der Waals surface area contributed by atoms with Crippen LogP contribution in [-0.2, 0) is 17.6 Å². The molecule has 1 aliphatic heterocycles. The van der Waals surface area contributed by atoms with Gasteiger partial charge < -0.3 is 0 Å². The number of thioether (sulfide) groups is 1. The van der Waals surface area contributed by atoms with Gasteiger partial charge in [0.25, 0.3) is 5.91 Å². The summed E-state index contributed by atoms with van der Waals surface area (Å²) < 4.78 is 13.3. The molecule has 166 valence electrons. The SMILES string of the molecule is Cc1nc(S[C@H]2CCCCN(C(=O)c3ccc(F)cc3)C2=O)c2c3c(sc2n1)CCCC3. The molecule has 1 saturated heterocycles. The highest BCUT2D eigenvalue weighted by Crippen LogP contribution is 2.41. The van der Waals surface area contributed by atoms with Crippen LogP contribution < -0.4 is 0 Å². The van der Waals surface area contributed by atoms with E-state index in [-0.39, 0.29) is 17.1 Å². The Morgan fingerprint density at radius 2 is 1.91 bits per heavy atom. The summed E-state index contributed by atoms with van der Waals surface area (Å²) in [4.78, 5) is 39.6. The summed E-state index contributed by atoms with van der Waals surface area (Å²) in [6.45, 7) is 2.28. The van der Waals surface area contributed by atoms with Crippen molar-refractivity contribution in [3.63, 3.8) is 0 Å². The Morgan fingerprint density at radius 3 is 2.72 bits per heavy atom. The number of likely N-dealkylation sites (tertiary alicyclic amines) is 1. The van der Waals surface area contributed by atoms with Crippen molar-refractivity contribution >= 4 is 45.1 Å². The van der Waals surface area contributed by atoms with Gasteiger partial charge in [0.2, 0.25) is 5.91 Å². The van der Waals surface area contributed by atoms with E-state index in [0.717, 1.165) is 40.9 Å². The van der Waals surface area contributed by atoms with E-state index in [1.54, 1.807) is 11.3 Å². The fourth-order valence-corrected chi connectivity index (χ4v) is 7.19. The highest BCUT2D eigenvalue weighted by molar-refractivity contribution is 8.00. The number of hydrogen-bond donors (Lipinski definition) is 0. The molecule has 1 atom stereocenters. The molecule has 2 aliphatic rings. The molecule has 1 fully saturated rings. The van der Waals surface area contributed by atoms with Gasteiger partial charge >= 0.3 is 0 Å². The van der Waals surface area contributed by atoms with E-state index in [2.05, 4.69) is 4.98 Å². The highest BCUT2D eigenvalue weighted by atomic mass is 32.2. The Labute approximate surface area is 194 Å². The van der Waals surface area contributed by atoms with Crippen LogP contribution in [0.4, 0.5) is 4.39 Å². The molecule has 3 heterocycles. The quantitative estimate of drug-likeness (QED) is 0.383.